The molecule has 0 aromatic heterocycles. The summed E-state index contributed by atoms with van der Waals surface area (Å²) >= 11 is 0. The Morgan fingerprint density at radius 3 is 2.84 bits per heavy atom. The molecule has 0 radical (unpaired) electrons. The largest absolute Gasteiger partial charge is 0.493 e. The summed E-state index contributed by atoms with van der Waals surface area (Å²) in [7, 11) is 1.70. The van der Waals surface area contributed by atoms with E-state index in [1.807, 2.05) is 12.1 Å². The average Bonchev–Trinajstić information content (AvgIpc) is 3.02. The SMILES string of the molecule is COc1cc(C)ccc1OCCN1CC2CCC1C2. The Morgan fingerprint density at radius 1 is 1.26 bits per heavy atom. The number of methoxy groups -OCH3 is 1. The smallest absolute Gasteiger partial charge is 0.161 e. The minimum absolute atomic E-state index is 0.753. The lowest BCUT2D eigenvalue weighted by atomic mass is 10.1. The summed E-state index contributed by atoms with van der Waals surface area (Å²) in [4.78, 5) is 2.59. The van der Waals surface area contributed by atoms with Gasteiger partial charge in [-0.25, -0.2) is 0 Å². The number of piperidine rings is 1. The van der Waals surface area contributed by atoms with E-state index in [0.29, 0.717) is 0 Å². The normalized spacial score (nSPS) is 25.8. The minimum Gasteiger partial charge on any atom is -0.493 e. The first-order valence-electron chi connectivity index (χ1n) is 7.28. The molecule has 19 heavy (non-hydrogen) atoms. The van der Waals surface area contributed by atoms with Crippen molar-refractivity contribution in [3.63, 3.8) is 0 Å². The van der Waals surface area contributed by atoms with E-state index in [1.165, 1.54) is 31.4 Å². The molecule has 104 valence electrons. The van der Waals surface area contributed by atoms with Crippen LogP contribution in [0.1, 0.15) is 24.8 Å². The van der Waals surface area contributed by atoms with Gasteiger partial charge in [0, 0.05) is 19.1 Å². The van der Waals surface area contributed by atoms with E-state index >= 15 is 0 Å². The van der Waals surface area contributed by atoms with Crippen LogP contribution in [-0.2, 0) is 0 Å². The van der Waals surface area contributed by atoms with Crippen LogP contribution in [0.5, 0.6) is 11.5 Å². The lowest BCUT2D eigenvalue weighted by molar-refractivity contribution is 0.170. The van der Waals surface area contributed by atoms with Crippen LogP contribution in [0.25, 0.3) is 0 Å². The predicted octanol–water partition coefficient (Wildman–Crippen LogP) is 2.87. The highest BCUT2D eigenvalue weighted by molar-refractivity contribution is 5.42. The number of nitrogens with zero attached hydrogens (tertiary/aromatic N) is 1. The zero-order valence-electron chi connectivity index (χ0n) is 11.9. The molecule has 3 heteroatoms. The molecule has 2 unspecified atom stereocenters. The van der Waals surface area contributed by atoms with Gasteiger partial charge in [0.15, 0.2) is 11.5 Å². The maximum atomic E-state index is 5.89. The maximum Gasteiger partial charge on any atom is 0.161 e. The first-order chi connectivity index (χ1) is 9.26. The van der Waals surface area contributed by atoms with Crippen LogP contribution in [0.15, 0.2) is 18.2 Å². The molecular formula is C16H23NO2. The Kier molecular flexibility index (Phi) is 3.65. The van der Waals surface area contributed by atoms with Crippen LogP contribution in [-0.4, -0.2) is 37.7 Å². The van der Waals surface area contributed by atoms with Gasteiger partial charge < -0.3 is 9.47 Å². The molecule has 2 atom stereocenters. The van der Waals surface area contributed by atoms with Gasteiger partial charge in [-0.3, -0.25) is 4.90 Å². The van der Waals surface area contributed by atoms with Gasteiger partial charge >= 0.3 is 0 Å². The van der Waals surface area contributed by atoms with E-state index in [0.717, 1.165) is 36.6 Å². The molecule has 1 aromatic carbocycles. The standard InChI is InChI=1S/C16H23NO2/c1-12-3-6-15(16(9-12)18-2)19-8-7-17-11-13-4-5-14(17)10-13/h3,6,9,13-14H,4-5,7-8,10-11H2,1-2H3. The summed E-state index contributed by atoms with van der Waals surface area (Å²) in [6, 6.07) is 6.92. The lowest BCUT2D eigenvalue weighted by Gasteiger charge is -2.26. The molecule has 1 aromatic rings. The van der Waals surface area contributed by atoms with E-state index in [1.54, 1.807) is 7.11 Å². The number of ether oxygens (including phenoxy) is 2. The van der Waals surface area contributed by atoms with Crippen LogP contribution >= 0.6 is 0 Å². The van der Waals surface area contributed by atoms with Crippen LogP contribution < -0.4 is 9.47 Å². The van der Waals surface area contributed by atoms with Crippen LogP contribution in [0.2, 0.25) is 0 Å². The fourth-order valence-electron chi connectivity index (χ4n) is 3.47. The van der Waals surface area contributed by atoms with E-state index in [-0.39, 0.29) is 0 Å². The molecule has 2 aliphatic rings. The summed E-state index contributed by atoms with van der Waals surface area (Å²) in [5.41, 5.74) is 1.20. The highest BCUT2D eigenvalue weighted by Gasteiger charge is 2.37. The van der Waals surface area contributed by atoms with Crippen molar-refractivity contribution < 1.29 is 9.47 Å². The second-order valence-electron chi connectivity index (χ2n) is 5.83. The Morgan fingerprint density at radius 2 is 2.16 bits per heavy atom. The van der Waals surface area contributed by atoms with Crippen molar-refractivity contribution >= 4 is 0 Å². The molecule has 2 bridgehead atoms. The summed E-state index contributed by atoms with van der Waals surface area (Å²) < 4.78 is 11.2. The predicted molar refractivity (Wildman–Crippen MR) is 75.9 cm³/mol. The summed E-state index contributed by atoms with van der Waals surface area (Å²) in [5.74, 6) is 2.65. The Balaban J connectivity index is 1.52. The van der Waals surface area contributed by atoms with E-state index in [2.05, 4.69) is 17.9 Å². The lowest BCUT2D eigenvalue weighted by Crippen LogP contribution is -2.35. The van der Waals surface area contributed by atoms with E-state index in [4.69, 9.17) is 9.47 Å². The Bertz CT molecular complexity index is 446. The number of rotatable bonds is 5. The van der Waals surface area contributed by atoms with Gasteiger partial charge in [0.2, 0.25) is 0 Å². The maximum absolute atomic E-state index is 5.89. The number of hydrogen-bond acceptors (Lipinski definition) is 3. The Hall–Kier alpha value is -1.22. The van der Waals surface area contributed by atoms with Crippen molar-refractivity contribution in [1.82, 2.24) is 4.90 Å². The monoisotopic (exact) mass is 261 g/mol. The molecule has 1 saturated heterocycles. The number of benzene rings is 1. The van der Waals surface area contributed by atoms with Crippen molar-refractivity contribution in [2.24, 2.45) is 5.92 Å². The molecule has 0 N–H and O–H groups in total. The molecule has 2 fully saturated rings. The van der Waals surface area contributed by atoms with Gasteiger partial charge in [-0.05, 0) is 49.8 Å². The van der Waals surface area contributed by atoms with Crippen molar-refractivity contribution in [2.75, 3.05) is 26.8 Å². The summed E-state index contributed by atoms with van der Waals surface area (Å²) in [5, 5.41) is 0. The van der Waals surface area contributed by atoms with Crippen LogP contribution in [0.4, 0.5) is 0 Å². The molecule has 0 amide bonds. The second-order valence-corrected chi connectivity index (χ2v) is 5.83. The quantitative estimate of drug-likeness (QED) is 0.813. The number of hydrogen-bond donors (Lipinski definition) is 0. The highest BCUT2D eigenvalue weighted by Crippen LogP contribution is 2.37. The van der Waals surface area contributed by atoms with Gasteiger partial charge in [-0.2, -0.15) is 0 Å². The van der Waals surface area contributed by atoms with Gasteiger partial charge in [0.05, 0.1) is 7.11 Å². The molecule has 1 saturated carbocycles. The first kappa shape index (κ1) is 12.8. The molecule has 3 rings (SSSR count). The van der Waals surface area contributed by atoms with Crippen LogP contribution in [0.3, 0.4) is 0 Å². The highest BCUT2D eigenvalue weighted by atomic mass is 16.5. The zero-order valence-corrected chi connectivity index (χ0v) is 11.9. The molecule has 1 aliphatic carbocycles. The molecular weight excluding hydrogens is 238 g/mol. The number of fused-ring (bicyclic) bond motifs is 2. The van der Waals surface area contributed by atoms with Crippen LogP contribution in [0, 0.1) is 12.8 Å². The van der Waals surface area contributed by atoms with Gasteiger partial charge in [-0.1, -0.05) is 6.07 Å². The zero-order chi connectivity index (χ0) is 13.2. The fourth-order valence-corrected chi connectivity index (χ4v) is 3.47. The second kappa shape index (κ2) is 5.41. The first-order valence-corrected chi connectivity index (χ1v) is 7.28. The fraction of sp³-hybridized carbons (Fsp3) is 0.625. The third kappa shape index (κ3) is 2.71. The van der Waals surface area contributed by atoms with Gasteiger partial charge in [0.25, 0.3) is 0 Å². The van der Waals surface area contributed by atoms with Crippen molar-refractivity contribution in [2.45, 2.75) is 32.2 Å². The summed E-state index contributed by atoms with van der Waals surface area (Å²) in [6.07, 6.45) is 4.24. The molecule has 1 heterocycles. The van der Waals surface area contributed by atoms with E-state index < -0.39 is 0 Å². The topological polar surface area (TPSA) is 21.7 Å². The van der Waals surface area contributed by atoms with E-state index in [9.17, 15) is 0 Å². The van der Waals surface area contributed by atoms with Gasteiger partial charge in [0.1, 0.15) is 6.61 Å². The summed E-state index contributed by atoms with van der Waals surface area (Å²) in [6.45, 7) is 5.13. The van der Waals surface area contributed by atoms with Crippen molar-refractivity contribution in [3.8, 4) is 11.5 Å². The van der Waals surface area contributed by atoms with Crippen molar-refractivity contribution in [1.29, 1.82) is 0 Å². The number of likely N-dealkylation sites (tertiary alicyclic amines) is 1. The third-order valence-corrected chi connectivity index (χ3v) is 4.48. The molecule has 3 nitrogen and oxygen atoms in total. The minimum atomic E-state index is 0.753. The molecule has 1 aliphatic heterocycles. The molecule has 0 spiro atoms. The Labute approximate surface area is 115 Å². The third-order valence-electron chi connectivity index (χ3n) is 4.48. The van der Waals surface area contributed by atoms with Crippen molar-refractivity contribution in [3.05, 3.63) is 23.8 Å². The number of aryl methyl sites for hydroxylation is 1. The van der Waals surface area contributed by atoms with Gasteiger partial charge in [-0.15, -0.1) is 0 Å². The average molecular weight is 261 g/mol.